The van der Waals surface area contributed by atoms with Crippen LogP contribution in [0, 0.1) is 12.8 Å². The van der Waals surface area contributed by atoms with Gasteiger partial charge in [0.1, 0.15) is 5.69 Å². The van der Waals surface area contributed by atoms with Gasteiger partial charge in [-0.1, -0.05) is 16.8 Å². The number of amides is 1. The molecule has 0 bridgehead atoms. The molecule has 1 atom stereocenters. The second-order valence-corrected chi connectivity index (χ2v) is 8.69. The van der Waals surface area contributed by atoms with Gasteiger partial charge in [-0.2, -0.15) is 0 Å². The van der Waals surface area contributed by atoms with Gasteiger partial charge in [-0.3, -0.25) is 14.5 Å². The third-order valence-electron chi connectivity index (χ3n) is 5.58. The number of carbonyl (C=O) groups excluding carboxylic acids is 1. The summed E-state index contributed by atoms with van der Waals surface area (Å²) in [5.41, 5.74) is 9.09. The SMILES string of the molecule is Cc1ccc2nccc(C(=O)N3CCC[C@@H](Cn4cc(C(C)(C)N)nn4)C3)c2c1. The molecule has 1 aliphatic rings. The molecule has 29 heavy (non-hydrogen) atoms. The summed E-state index contributed by atoms with van der Waals surface area (Å²) in [7, 11) is 0. The van der Waals surface area contributed by atoms with Crippen LogP contribution in [0.2, 0.25) is 0 Å². The minimum atomic E-state index is -0.507. The highest BCUT2D eigenvalue weighted by Crippen LogP contribution is 2.24. The number of hydrogen-bond donors (Lipinski definition) is 1. The number of pyridine rings is 1. The lowest BCUT2D eigenvalue weighted by atomic mass is 9.96. The maximum absolute atomic E-state index is 13.3. The summed E-state index contributed by atoms with van der Waals surface area (Å²) in [6.45, 7) is 8.11. The summed E-state index contributed by atoms with van der Waals surface area (Å²) in [6, 6.07) is 7.88. The van der Waals surface area contributed by atoms with Crippen LogP contribution in [0.15, 0.2) is 36.7 Å². The minimum Gasteiger partial charge on any atom is -0.338 e. The number of likely N-dealkylation sites (tertiary alicyclic amines) is 1. The lowest BCUT2D eigenvalue weighted by molar-refractivity contribution is 0.0661. The van der Waals surface area contributed by atoms with Crippen molar-refractivity contribution in [2.45, 2.75) is 45.7 Å². The van der Waals surface area contributed by atoms with Crippen LogP contribution in [-0.2, 0) is 12.1 Å². The summed E-state index contributed by atoms with van der Waals surface area (Å²) in [5.74, 6) is 0.424. The molecule has 0 saturated carbocycles. The zero-order chi connectivity index (χ0) is 20.6. The van der Waals surface area contributed by atoms with E-state index in [-0.39, 0.29) is 5.91 Å². The van der Waals surface area contributed by atoms with Crippen molar-refractivity contribution in [3.05, 3.63) is 53.5 Å². The molecule has 0 unspecified atom stereocenters. The molecule has 7 nitrogen and oxygen atoms in total. The van der Waals surface area contributed by atoms with Crippen molar-refractivity contribution < 1.29 is 4.79 Å². The largest absolute Gasteiger partial charge is 0.338 e. The standard InChI is InChI=1S/C22H28N6O/c1-15-6-7-19-18(11-15)17(8-9-24-19)21(29)27-10-4-5-16(12-27)13-28-14-20(25-26-28)22(2,3)23/h6-9,11,14,16H,4-5,10,12-13,23H2,1-3H3/t16-/m1/s1. The number of carbonyl (C=O) groups is 1. The Kier molecular flexibility index (Phi) is 5.08. The number of fused-ring (bicyclic) bond motifs is 1. The first-order valence-corrected chi connectivity index (χ1v) is 10.2. The fourth-order valence-electron chi connectivity index (χ4n) is 3.96. The quantitative estimate of drug-likeness (QED) is 0.737. The lowest BCUT2D eigenvalue weighted by Crippen LogP contribution is -2.41. The van der Waals surface area contributed by atoms with Crippen molar-refractivity contribution in [1.29, 1.82) is 0 Å². The average Bonchev–Trinajstić information content (AvgIpc) is 3.16. The van der Waals surface area contributed by atoms with Gasteiger partial charge < -0.3 is 10.6 Å². The van der Waals surface area contributed by atoms with Crippen LogP contribution in [-0.4, -0.2) is 43.9 Å². The Balaban J connectivity index is 1.51. The molecule has 4 rings (SSSR count). The van der Waals surface area contributed by atoms with Crippen LogP contribution in [0.5, 0.6) is 0 Å². The molecule has 152 valence electrons. The Morgan fingerprint density at radius 2 is 2.14 bits per heavy atom. The van der Waals surface area contributed by atoms with Gasteiger partial charge >= 0.3 is 0 Å². The highest BCUT2D eigenvalue weighted by molar-refractivity contribution is 6.06. The van der Waals surface area contributed by atoms with Crippen molar-refractivity contribution in [2.75, 3.05) is 13.1 Å². The molecule has 1 aromatic carbocycles. The van der Waals surface area contributed by atoms with Crippen LogP contribution < -0.4 is 5.73 Å². The molecule has 3 aromatic rings. The molecule has 1 aliphatic heterocycles. The number of nitrogens with zero attached hydrogens (tertiary/aromatic N) is 5. The maximum atomic E-state index is 13.3. The molecular formula is C22H28N6O. The van der Waals surface area contributed by atoms with Crippen LogP contribution in [0.3, 0.4) is 0 Å². The predicted octanol–water partition coefficient (Wildman–Crippen LogP) is 2.88. The summed E-state index contributed by atoms with van der Waals surface area (Å²) < 4.78 is 1.85. The first kappa shape index (κ1) is 19.5. The van der Waals surface area contributed by atoms with E-state index < -0.39 is 5.54 Å². The molecule has 1 fully saturated rings. The molecule has 1 saturated heterocycles. The Bertz CT molecular complexity index is 1040. The number of rotatable bonds is 4. The van der Waals surface area contributed by atoms with E-state index in [9.17, 15) is 4.79 Å². The molecule has 2 aromatic heterocycles. The van der Waals surface area contributed by atoms with Crippen LogP contribution in [0.4, 0.5) is 0 Å². The van der Waals surface area contributed by atoms with Crippen LogP contribution >= 0.6 is 0 Å². The van der Waals surface area contributed by atoms with Gasteiger partial charge in [0.05, 0.1) is 22.8 Å². The van der Waals surface area contributed by atoms with Gasteiger partial charge in [0.2, 0.25) is 0 Å². The Hall–Kier alpha value is -2.80. The second-order valence-electron chi connectivity index (χ2n) is 8.69. The maximum Gasteiger partial charge on any atom is 0.254 e. The average molecular weight is 393 g/mol. The first-order valence-electron chi connectivity index (χ1n) is 10.2. The van der Waals surface area contributed by atoms with Crippen molar-refractivity contribution in [3.8, 4) is 0 Å². The molecule has 0 aliphatic carbocycles. The molecule has 0 spiro atoms. The Morgan fingerprint density at radius 3 is 2.90 bits per heavy atom. The first-order chi connectivity index (χ1) is 13.8. The van der Waals surface area contributed by atoms with E-state index in [0.717, 1.165) is 60.2 Å². The number of piperidine rings is 1. The van der Waals surface area contributed by atoms with Gasteiger partial charge in [0, 0.05) is 31.2 Å². The third-order valence-corrected chi connectivity index (χ3v) is 5.58. The topological polar surface area (TPSA) is 89.9 Å². The fraction of sp³-hybridized carbons (Fsp3) is 0.455. The zero-order valence-electron chi connectivity index (χ0n) is 17.3. The van der Waals surface area contributed by atoms with E-state index in [1.54, 1.807) is 6.20 Å². The molecule has 7 heteroatoms. The van der Waals surface area contributed by atoms with Crippen molar-refractivity contribution in [1.82, 2.24) is 24.9 Å². The van der Waals surface area contributed by atoms with Crippen molar-refractivity contribution in [3.63, 3.8) is 0 Å². The molecule has 3 heterocycles. The van der Waals surface area contributed by atoms with Gasteiger partial charge in [-0.25, -0.2) is 0 Å². The van der Waals surface area contributed by atoms with Crippen LogP contribution in [0.25, 0.3) is 10.9 Å². The van der Waals surface area contributed by atoms with Crippen LogP contribution in [0.1, 0.15) is 48.3 Å². The van der Waals surface area contributed by atoms with Crippen molar-refractivity contribution in [2.24, 2.45) is 11.7 Å². The van der Waals surface area contributed by atoms with E-state index >= 15 is 0 Å². The highest BCUT2D eigenvalue weighted by atomic mass is 16.2. The Morgan fingerprint density at radius 1 is 1.31 bits per heavy atom. The molecule has 0 radical (unpaired) electrons. The smallest absolute Gasteiger partial charge is 0.254 e. The summed E-state index contributed by atoms with van der Waals surface area (Å²) >= 11 is 0. The fourth-order valence-corrected chi connectivity index (χ4v) is 3.96. The van der Waals surface area contributed by atoms with Gasteiger partial charge in [0.25, 0.3) is 5.91 Å². The zero-order valence-corrected chi connectivity index (χ0v) is 17.3. The van der Waals surface area contributed by atoms with E-state index in [4.69, 9.17) is 5.73 Å². The minimum absolute atomic E-state index is 0.0788. The summed E-state index contributed by atoms with van der Waals surface area (Å²) in [4.78, 5) is 19.7. The molecule has 2 N–H and O–H groups in total. The predicted molar refractivity (Wildman–Crippen MR) is 112 cm³/mol. The third kappa shape index (κ3) is 4.15. The second kappa shape index (κ2) is 7.55. The summed E-state index contributed by atoms with van der Waals surface area (Å²) in [5, 5.41) is 9.35. The summed E-state index contributed by atoms with van der Waals surface area (Å²) in [6.07, 6.45) is 5.70. The van der Waals surface area contributed by atoms with E-state index in [1.807, 2.05) is 60.8 Å². The highest BCUT2D eigenvalue weighted by Gasteiger charge is 2.27. The number of aromatic nitrogens is 4. The van der Waals surface area contributed by atoms with E-state index in [2.05, 4.69) is 15.3 Å². The van der Waals surface area contributed by atoms with Gasteiger partial charge in [-0.05, 0) is 57.7 Å². The van der Waals surface area contributed by atoms with Gasteiger partial charge in [0.15, 0.2) is 0 Å². The monoisotopic (exact) mass is 392 g/mol. The molecular weight excluding hydrogens is 364 g/mol. The van der Waals surface area contributed by atoms with E-state index in [1.165, 1.54) is 0 Å². The number of aryl methyl sites for hydroxylation is 1. The number of benzene rings is 1. The number of hydrogen-bond acceptors (Lipinski definition) is 5. The van der Waals surface area contributed by atoms with Gasteiger partial charge in [-0.15, -0.1) is 5.10 Å². The lowest BCUT2D eigenvalue weighted by Gasteiger charge is -2.33. The molecule has 1 amide bonds. The van der Waals surface area contributed by atoms with E-state index in [0.29, 0.717) is 5.92 Å². The normalized spacial score (nSPS) is 17.7. The number of nitrogens with two attached hydrogens (primary N) is 1. The van der Waals surface area contributed by atoms with Crippen molar-refractivity contribution >= 4 is 16.8 Å². The Labute approximate surface area is 170 Å².